The van der Waals surface area contributed by atoms with E-state index in [0.29, 0.717) is 22.4 Å². The van der Waals surface area contributed by atoms with Crippen LogP contribution in [0.15, 0.2) is 49.1 Å². The summed E-state index contributed by atoms with van der Waals surface area (Å²) < 4.78 is 4.92. The molecule has 43 heavy (non-hydrogen) atoms. The number of carbonyl (C=O) groups is 6. The Balaban J connectivity index is 1.54. The van der Waals surface area contributed by atoms with Gasteiger partial charge in [-0.3, -0.25) is 34.2 Å². The minimum Gasteiger partial charge on any atom is -0.507 e. The summed E-state index contributed by atoms with van der Waals surface area (Å²) in [6.07, 6.45) is 0.856. The van der Waals surface area contributed by atoms with E-state index < -0.39 is 70.4 Å². The average molecular weight is 590 g/mol. The standard InChI is InChI=1S/C31H31N3O9/c1-4-11-43-30(41)33-16-7-5-14(6-8-16)17-9-10-20(35)22-18(17)12-15-13-19-24(34(2)3)26(37)23(29(32)40)28(39)31(19,42)27(38)21(15)25(22)36/h4-10,15,19,21,23-24,35,42H,1,11-13H2,2-3H3,(H2,32,40)(H,33,41)/t15-,19-,21?,23?,24?,31-/m0/s1. The van der Waals surface area contributed by atoms with Gasteiger partial charge in [0.1, 0.15) is 12.4 Å². The molecule has 12 nitrogen and oxygen atoms in total. The number of fused-ring (bicyclic) bond motifs is 3. The number of aromatic hydroxyl groups is 1. The minimum atomic E-state index is -2.78. The number of anilines is 1. The van der Waals surface area contributed by atoms with E-state index in [2.05, 4.69) is 11.9 Å². The van der Waals surface area contributed by atoms with Crippen LogP contribution >= 0.6 is 0 Å². The second-order valence-corrected chi connectivity index (χ2v) is 11.4. The predicted molar refractivity (Wildman–Crippen MR) is 152 cm³/mol. The quantitative estimate of drug-likeness (QED) is 0.282. The highest BCUT2D eigenvalue weighted by Crippen LogP contribution is 2.51. The van der Waals surface area contributed by atoms with Crippen LogP contribution in [0.1, 0.15) is 22.3 Å². The smallest absolute Gasteiger partial charge is 0.411 e. The van der Waals surface area contributed by atoms with E-state index in [4.69, 9.17) is 10.5 Å². The molecular formula is C31H31N3O9. The van der Waals surface area contributed by atoms with Gasteiger partial charge in [-0.25, -0.2) is 4.79 Å². The number of hydrogen-bond donors (Lipinski definition) is 4. The van der Waals surface area contributed by atoms with Crippen molar-refractivity contribution in [3.8, 4) is 16.9 Å². The number of likely N-dealkylation sites (N-methyl/N-ethyl adjacent to an activating group) is 1. The average Bonchev–Trinajstić information content (AvgIpc) is 2.94. The number of carbonyl (C=O) groups excluding carboxylic acids is 6. The first kappa shape index (κ1) is 29.8. The monoisotopic (exact) mass is 589 g/mol. The zero-order valence-electron chi connectivity index (χ0n) is 23.5. The molecule has 2 saturated carbocycles. The summed E-state index contributed by atoms with van der Waals surface area (Å²) in [7, 11) is 3.06. The Hall–Kier alpha value is -4.68. The summed E-state index contributed by atoms with van der Waals surface area (Å²) in [4.78, 5) is 79.9. The number of Topliss-reactive ketones (excluding diaryl/α,β-unsaturated/α-hetero) is 4. The zero-order chi connectivity index (χ0) is 31.4. The first-order chi connectivity index (χ1) is 20.3. The topological polar surface area (TPSA) is 193 Å². The van der Waals surface area contributed by atoms with Crippen molar-refractivity contribution in [2.45, 2.75) is 24.5 Å². The summed E-state index contributed by atoms with van der Waals surface area (Å²) in [6.45, 7) is 3.53. The van der Waals surface area contributed by atoms with Crippen LogP contribution in [0.2, 0.25) is 0 Å². The van der Waals surface area contributed by atoms with Gasteiger partial charge in [-0.1, -0.05) is 30.9 Å². The molecule has 5 N–H and O–H groups in total. The molecule has 6 atom stereocenters. The van der Waals surface area contributed by atoms with Gasteiger partial charge in [0.2, 0.25) is 5.91 Å². The van der Waals surface area contributed by atoms with Crippen molar-refractivity contribution in [2.75, 3.05) is 26.0 Å². The molecule has 224 valence electrons. The third-order valence-electron chi connectivity index (χ3n) is 8.72. The molecule has 5 rings (SSSR count). The van der Waals surface area contributed by atoms with Crippen LogP contribution in [-0.4, -0.2) is 82.6 Å². The summed E-state index contributed by atoms with van der Waals surface area (Å²) in [5, 5.41) is 25.0. The van der Waals surface area contributed by atoms with Gasteiger partial charge in [0, 0.05) is 11.6 Å². The highest BCUT2D eigenvalue weighted by Gasteiger charge is 2.69. The van der Waals surface area contributed by atoms with Crippen LogP contribution in [-0.2, 0) is 30.3 Å². The van der Waals surface area contributed by atoms with Gasteiger partial charge < -0.3 is 20.7 Å². The Bertz CT molecular complexity index is 1580. The molecule has 0 heterocycles. The van der Waals surface area contributed by atoms with Crippen LogP contribution in [0.25, 0.3) is 11.1 Å². The molecule has 0 spiro atoms. The third kappa shape index (κ3) is 4.63. The number of ether oxygens (including phenoxy) is 1. The van der Waals surface area contributed by atoms with Crippen molar-refractivity contribution in [3.63, 3.8) is 0 Å². The summed E-state index contributed by atoms with van der Waals surface area (Å²) in [5.74, 6) is -11.0. The minimum absolute atomic E-state index is 0.0455. The summed E-state index contributed by atoms with van der Waals surface area (Å²) >= 11 is 0. The number of phenolic OH excluding ortho intramolecular Hbond substituents is 1. The molecule has 3 aliphatic rings. The highest BCUT2D eigenvalue weighted by molar-refractivity contribution is 6.32. The largest absolute Gasteiger partial charge is 0.507 e. The molecule has 0 radical (unpaired) electrons. The predicted octanol–water partition coefficient (Wildman–Crippen LogP) is 1.27. The molecule has 2 aromatic carbocycles. The van der Waals surface area contributed by atoms with Crippen LogP contribution in [0.5, 0.6) is 5.75 Å². The molecule has 2 aromatic rings. The van der Waals surface area contributed by atoms with Crippen LogP contribution < -0.4 is 11.1 Å². The fraction of sp³-hybridized carbons (Fsp3) is 0.355. The van der Waals surface area contributed by atoms with E-state index in [1.165, 1.54) is 31.1 Å². The van der Waals surface area contributed by atoms with Gasteiger partial charge >= 0.3 is 6.09 Å². The molecule has 2 fully saturated rings. The van der Waals surface area contributed by atoms with Gasteiger partial charge in [0.05, 0.1) is 17.5 Å². The molecule has 3 aliphatic carbocycles. The number of nitrogens with two attached hydrogens (primary N) is 1. The van der Waals surface area contributed by atoms with Crippen LogP contribution in [0, 0.1) is 23.7 Å². The lowest BCUT2D eigenvalue weighted by Crippen LogP contribution is -2.74. The Morgan fingerprint density at radius 3 is 2.40 bits per heavy atom. The van der Waals surface area contributed by atoms with Crippen molar-refractivity contribution < 1.29 is 43.7 Å². The number of benzene rings is 2. The molecule has 3 unspecified atom stereocenters. The maximum absolute atomic E-state index is 13.9. The maximum Gasteiger partial charge on any atom is 0.411 e. The first-order valence-electron chi connectivity index (χ1n) is 13.7. The van der Waals surface area contributed by atoms with Crippen LogP contribution in [0.4, 0.5) is 10.5 Å². The Labute approximate surface area is 246 Å². The summed E-state index contributed by atoms with van der Waals surface area (Å²) in [6, 6.07) is 8.48. The van der Waals surface area contributed by atoms with Crippen molar-refractivity contribution in [2.24, 2.45) is 29.4 Å². The van der Waals surface area contributed by atoms with Gasteiger partial charge in [0.15, 0.2) is 34.7 Å². The normalized spacial score (nSPS) is 28.0. The summed E-state index contributed by atoms with van der Waals surface area (Å²) in [5.41, 5.74) is 4.66. The lowest BCUT2D eigenvalue weighted by Gasteiger charge is -2.52. The van der Waals surface area contributed by atoms with Crippen molar-refractivity contribution in [3.05, 3.63) is 60.2 Å². The Morgan fingerprint density at radius 1 is 1.12 bits per heavy atom. The third-order valence-corrected chi connectivity index (χ3v) is 8.72. The lowest BCUT2D eigenvalue weighted by atomic mass is 9.52. The van der Waals surface area contributed by atoms with Crippen LogP contribution in [0.3, 0.4) is 0 Å². The highest BCUT2D eigenvalue weighted by atomic mass is 16.5. The second kappa shape index (κ2) is 10.9. The number of phenols is 1. The van der Waals surface area contributed by atoms with E-state index in [-0.39, 0.29) is 30.8 Å². The molecule has 0 saturated heterocycles. The molecule has 0 bridgehead atoms. The van der Waals surface area contributed by atoms with Gasteiger partial charge in [0.25, 0.3) is 0 Å². The number of ketones is 4. The molecule has 0 aliphatic heterocycles. The molecule has 2 amide bonds. The fourth-order valence-corrected chi connectivity index (χ4v) is 6.90. The maximum atomic E-state index is 13.9. The number of hydrogen-bond acceptors (Lipinski definition) is 10. The fourth-order valence-electron chi connectivity index (χ4n) is 6.90. The van der Waals surface area contributed by atoms with Crippen molar-refractivity contribution in [1.29, 1.82) is 0 Å². The van der Waals surface area contributed by atoms with E-state index >= 15 is 0 Å². The van der Waals surface area contributed by atoms with E-state index in [9.17, 15) is 39.0 Å². The molecule has 0 aromatic heterocycles. The van der Waals surface area contributed by atoms with E-state index in [1.54, 1.807) is 30.3 Å². The number of rotatable bonds is 6. The number of aliphatic hydroxyl groups is 1. The van der Waals surface area contributed by atoms with Gasteiger partial charge in [-0.05, 0) is 67.7 Å². The van der Waals surface area contributed by atoms with Gasteiger partial charge in [-0.2, -0.15) is 0 Å². The number of nitrogens with zero attached hydrogens (tertiary/aromatic N) is 1. The SMILES string of the molecule is C=CCOC(=O)Nc1ccc(-c2ccc(O)c3c2C[C@H]2C[C@H]4C(N(C)C)C(=O)C(C(N)=O)C(=O)[C@@]4(O)C(=O)C2C3=O)cc1. The van der Waals surface area contributed by atoms with E-state index in [0.717, 1.165) is 0 Å². The first-order valence-corrected chi connectivity index (χ1v) is 13.7. The van der Waals surface area contributed by atoms with E-state index in [1.807, 2.05) is 0 Å². The Kier molecular flexibility index (Phi) is 7.53. The van der Waals surface area contributed by atoms with Gasteiger partial charge in [-0.15, -0.1) is 0 Å². The number of amides is 2. The molecule has 12 heteroatoms. The van der Waals surface area contributed by atoms with Crippen molar-refractivity contribution >= 4 is 40.8 Å². The molecular weight excluding hydrogens is 558 g/mol. The second-order valence-electron chi connectivity index (χ2n) is 11.4. The number of nitrogens with one attached hydrogen (secondary N) is 1. The zero-order valence-corrected chi connectivity index (χ0v) is 23.5. The lowest BCUT2D eigenvalue weighted by molar-refractivity contribution is -0.181. The number of primary amides is 1. The Morgan fingerprint density at radius 2 is 1.79 bits per heavy atom. The van der Waals surface area contributed by atoms with Crippen molar-refractivity contribution in [1.82, 2.24) is 4.90 Å².